The molecule has 0 fully saturated rings. The number of para-hydroxylation sites is 3. The zero-order valence-corrected chi connectivity index (χ0v) is 32.4. The molecule has 0 radical (unpaired) electrons. The molecular formula is C55H35N3O2. The van der Waals surface area contributed by atoms with E-state index in [1.165, 1.54) is 16.3 Å². The van der Waals surface area contributed by atoms with E-state index in [2.05, 4.69) is 179 Å². The molecule has 12 aromatic rings. The summed E-state index contributed by atoms with van der Waals surface area (Å²) in [4.78, 5) is 7.40. The van der Waals surface area contributed by atoms with E-state index in [0.717, 1.165) is 89.1 Å². The minimum absolute atomic E-state index is 0.595. The Hall–Kier alpha value is -8.15. The normalized spacial score (nSPS) is 11.7. The summed E-state index contributed by atoms with van der Waals surface area (Å²) in [6.45, 7) is 0. The summed E-state index contributed by atoms with van der Waals surface area (Å²) < 4.78 is 15.0. The van der Waals surface area contributed by atoms with Crippen molar-refractivity contribution >= 4 is 71.9 Å². The van der Waals surface area contributed by atoms with Crippen LogP contribution in [-0.2, 0) is 0 Å². The summed E-state index contributed by atoms with van der Waals surface area (Å²) in [6, 6.07) is 74.7. The van der Waals surface area contributed by atoms with Crippen LogP contribution in [0.1, 0.15) is 0 Å². The van der Waals surface area contributed by atoms with Crippen LogP contribution in [0.25, 0.3) is 94.2 Å². The van der Waals surface area contributed by atoms with Gasteiger partial charge in [0.15, 0.2) is 5.58 Å². The van der Waals surface area contributed by atoms with Crippen LogP contribution in [0.3, 0.4) is 0 Å². The molecule has 3 aromatic heterocycles. The Morgan fingerprint density at radius 2 is 1.03 bits per heavy atom. The van der Waals surface area contributed by atoms with E-state index in [1.54, 1.807) is 0 Å². The number of benzene rings is 9. The summed E-state index contributed by atoms with van der Waals surface area (Å²) in [5, 5.41) is 4.35. The smallest absolute Gasteiger partial charge is 0.227 e. The number of furan rings is 1. The zero-order chi connectivity index (χ0) is 39.6. The summed E-state index contributed by atoms with van der Waals surface area (Å²) >= 11 is 0. The minimum atomic E-state index is 0.595. The van der Waals surface area contributed by atoms with E-state index >= 15 is 0 Å². The molecule has 0 N–H and O–H groups in total. The predicted octanol–water partition coefficient (Wildman–Crippen LogP) is 15.3. The molecule has 0 saturated carbocycles. The van der Waals surface area contributed by atoms with Crippen molar-refractivity contribution in [2.45, 2.75) is 0 Å². The van der Waals surface area contributed by atoms with Gasteiger partial charge in [0.1, 0.15) is 16.7 Å². The van der Waals surface area contributed by atoms with Gasteiger partial charge in [-0.25, -0.2) is 4.98 Å². The third-order valence-electron chi connectivity index (χ3n) is 11.6. The Morgan fingerprint density at radius 3 is 1.85 bits per heavy atom. The first kappa shape index (κ1) is 33.9. The Morgan fingerprint density at radius 1 is 0.400 bits per heavy atom. The van der Waals surface area contributed by atoms with Crippen LogP contribution in [0.5, 0.6) is 0 Å². The van der Waals surface area contributed by atoms with E-state index in [-0.39, 0.29) is 0 Å². The largest absolute Gasteiger partial charge is 0.456 e. The lowest BCUT2D eigenvalue weighted by molar-refractivity contribution is 0.619. The molecule has 282 valence electrons. The average molecular weight is 770 g/mol. The van der Waals surface area contributed by atoms with Crippen molar-refractivity contribution in [3.05, 3.63) is 212 Å². The highest BCUT2D eigenvalue weighted by molar-refractivity contribution is 6.18. The maximum atomic E-state index is 6.37. The van der Waals surface area contributed by atoms with E-state index in [4.69, 9.17) is 13.8 Å². The van der Waals surface area contributed by atoms with Gasteiger partial charge in [-0.15, -0.1) is 0 Å². The second kappa shape index (κ2) is 13.8. The van der Waals surface area contributed by atoms with Gasteiger partial charge in [-0.2, -0.15) is 0 Å². The van der Waals surface area contributed by atoms with Crippen LogP contribution >= 0.6 is 0 Å². The lowest BCUT2D eigenvalue weighted by Crippen LogP contribution is -2.11. The van der Waals surface area contributed by atoms with Crippen molar-refractivity contribution in [2.75, 3.05) is 4.90 Å². The third kappa shape index (κ3) is 5.44. The van der Waals surface area contributed by atoms with Gasteiger partial charge in [0.25, 0.3) is 0 Å². The first-order valence-corrected chi connectivity index (χ1v) is 20.2. The average Bonchev–Trinajstić information content (AvgIpc) is 4.02. The number of hydrogen-bond donors (Lipinski definition) is 0. The number of oxazole rings is 1. The Labute approximate surface area is 345 Å². The van der Waals surface area contributed by atoms with E-state index in [9.17, 15) is 0 Å². The molecule has 3 heterocycles. The zero-order valence-electron chi connectivity index (χ0n) is 32.4. The van der Waals surface area contributed by atoms with Crippen LogP contribution in [0, 0.1) is 0 Å². The number of rotatable bonds is 7. The first-order chi connectivity index (χ1) is 29.8. The molecule has 0 spiro atoms. The lowest BCUT2D eigenvalue weighted by atomic mass is 9.99. The van der Waals surface area contributed by atoms with Crippen LogP contribution in [0.2, 0.25) is 0 Å². The fraction of sp³-hybridized carbons (Fsp3) is 0. The molecule has 0 bridgehead atoms. The molecule has 5 heteroatoms. The van der Waals surface area contributed by atoms with Crippen LogP contribution in [-0.4, -0.2) is 9.55 Å². The molecule has 60 heavy (non-hydrogen) atoms. The highest BCUT2D eigenvalue weighted by Gasteiger charge is 2.23. The Balaban J connectivity index is 1.03. The molecule has 5 nitrogen and oxygen atoms in total. The van der Waals surface area contributed by atoms with Crippen molar-refractivity contribution in [1.29, 1.82) is 0 Å². The van der Waals surface area contributed by atoms with Gasteiger partial charge in [0, 0.05) is 38.7 Å². The molecule has 0 atom stereocenters. The van der Waals surface area contributed by atoms with Gasteiger partial charge in [0.05, 0.1) is 27.8 Å². The molecule has 0 unspecified atom stereocenters. The number of nitrogens with zero attached hydrogens (tertiary/aromatic N) is 3. The summed E-state index contributed by atoms with van der Waals surface area (Å²) in [5.74, 6) is 0.595. The molecule has 0 aliphatic rings. The van der Waals surface area contributed by atoms with Crippen molar-refractivity contribution in [2.24, 2.45) is 0 Å². The molecule has 9 aromatic carbocycles. The molecule has 0 amide bonds. The number of anilines is 3. The van der Waals surface area contributed by atoms with E-state index < -0.39 is 0 Å². The minimum Gasteiger partial charge on any atom is -0.456 e. The topological polar surface area (TPSA) is 47.3 Å². The van der Waals surface area contributed by atoms with Crippen LogP contribution in [0.4, 0.5) is 17.1 Å². The molecular weight excluding hydrogens is 735 g/mol. The molecule has 0 saturated heterocycles. The SMILES string of the molecule is c1ccc(-c2nc3c(ccc4oc5ccc(-c6ccc(N(c7ccccc7-c7ccccc7)c7cccc8c7c7ccccc7n8-c7ccccc7)cc6)cc5c43)o2)cc1. The highest BCUT2D eigenvalue weighted by Crippen LogP contribution is 2.47. The van der Waals surface area contributed by atoms with Crippen LogP contribution < -0.4 is 4.90 Å². The van der Waals surface area contributed by atoms with Gasteiger partial charge in [-0.05, 0) is 102 Å². The lowest BCUT2D eigenvalue weighted by Gasteiger charge is -2.29. The summed E-state index contributed by atoms with van der Waals surface area (Å²) in [5.41, 5.74) is 15.3. The molecule has 12 rings (SSSR count). The van der Waals surface area contributed by atoms with Crippen molar-refractivity contribution in [3.8, 4) is 39.4 Å². The quantitative estimate of drug-likeness (QED) is 0.162. The second-order valence-corrected chi connectivity index (χ2v) is 15.1. The predicted molar refractivity (Wildman–Crippen MR) is 247 cm³/mol. The van der Waals surface area contributed by atoms with Crippen molar-refractivity contribution in [1.82, 2.24) is 9.55 Å². The summed E-state index contributed by atoms with van der Waals surface area (Å²) in [7, 11) is 0. The third-order valence-corrected chi connectivity index (χ3v) is 11.6. The van der Waals surface area contributed by atoms with Gasteiger partial charge in [0.2, 0.25) is 5.89 Å². The number of hydrogen-bond acceptors (Lipinski definition) is 4. The maximum Gasteiger partial charge on any atom is 0.227 e. The standard InChI is InChI=1S/C55H35N3O2/c1-4-15-37(16-5-1)42-21-10-12-23-45(42)58(48-26-14-25-47-52(48)43-22-11-13-24-46(43)57(47)40-19-8-3-9-20-40)41-30-27-36(28-31-41)39-29-32-49-44(35-39)53-50(59-49)33-34-51-54(53)56-55(60-51)38-17-6-2-7-18-38/h1-35H. The van der Waals surface area contributed by atoms with E-state index in [1.807, 2.05) is 42.5 Å². The Kier molecular flexibility index (Phi) is 7.78. The fourth-order valence-electron chi connectivity index (χ4n) is 8.92. The van der Waals surface area contributed by atoms with Crippen molar-refractivity contribution < 1.29 is 8.83 Å². The van der Waals surface area contributed by atoms with E-state index in [0.29, 0.717) is 5.89 Å². The summed E-state index contributed by atoms with van der Waals surface area (Å²) in [6.07, 6.45) is 0. The van der Waals surface area contributed by atoms with Gasteiger partial charge in [-0.1, -0.05) is 127 Å². The fourth-order valence-corrected chi connectivity index (χ4v) is 8.92. The number of fused-ring (bicyclic) bond motifs is 8. The molecule has 0 aliphatic heterocycles. The van der Waals surface area contributed by atoms with Gasteiger partial charge < -0.3 is 18.3 Å². The Bertz CT molecular complexity index is 3530. The van der Waals surface area contributed by atoms with Gasteiger partial charge in [-0.3, -0.25) is 0 Å². The highest BCUT2D eigenvalue weighted by atomic mass is 16.4. The number of aromatic nitrogens is 2. The first-order valence-electron chi connectivity index (χ1n) is 20.2. The van der Waals surface area contributed by atoms with Gasteiger partial charge >= 0.3 is 0 Å². The van der Waals surface area contributed by atoms with Crippen molar-refractivity contribution in [3.63, 3.8) is 0 Å². The monoisotopic (exact) mass is 769 g/mol. The maximum absolute atomic E-state index is 6.37. The van der Waals surface area contributed by atoms with Crippen LogP contribution in [0.15, 0.2) is 221 Å². The second-order valence-electron chi connectivity index (χ2n) is 15.1. The molecule has 0 aliphatic carbocycles.